The largest absolute Gasteiger partial charge is 0.315 e. The van der Waals surface area contributed by atoms with Crippen molar-refractivity contribution in [2.45, 2.75) is 12.6 Å². The maximum atomic E-state index is 12.6. The van der Waals surface area contributed by atoms with Gasteiger partial charge in [0.05, 0.1) is 12.0 Å². The Hall–Kier alpha value is -0.330. The molecule has 2 atom stereocenters. The number of alkyl halides is 1. The maximum Gasteiger partial charge on any atom is 0.118 e. The summed E-state index contributed by atoms with van der Waals surface area (Å²) in [5.74, 6) is -0.418. The van der Waals surface area contributed by atoms with Crippen molar-refractivity contribution in [3.63, 3.8) is 0 Å². The number of rotatable bonds is 0. The van der Waals surface area contributed by atoms with Crippen LogP contribution in [0.25, 0.3) is 0 Å². The van der Waals surface area contributed by atoms with E-state index in [4.69, 9.17) is 5.26 Å². The predicted octanol–water partition coefficient (Wildman–Crippen LogP) is 0.879. The van der Waals surface area contributed by atoms with Crippen molar-refractivity contribution in [3.8, 4) is 6.07 Å². The van der Waals surface area contributed by atoms with E-state index >= 15 is 0 Å². The van der Waals surface area contributed by atoms with Crippen molar-refractivity contribution in [3.05, 3.63) is 0 Å². The highest BCUT2D eigenvalue weighted by Crippen LogP contribution is 2.13. The summed E-state index contributed by atoms with van der Waals surface area (Å²) in [6.45, 7) is 1.22. The van der Waals surface area contributed by atoms with Gasteiger partial charge in [-0.2, -0.15) is 5.26 Å². The molecule has 4 heteroatoms. The number of nitriles is 1. The first-order valence-corrected chi connectivity index (χ1v) is 3.09. The molecule has 1 fully saturated rings. The fourth-order valence-corrected chi connectivity index (χ4v) is 0.953. The summed E-state index contributed by atoms with van der Waals surface area (Å²) >= 11 is 0. The first-order valence-electron chi connectivity index (χ1n) is 3.09. The van der Waals surface area contributed by atoms with Gasteiger partial charge in [-0.1, -0.05) is 0 Å². The molecule has 0 aromatic carbocycles. The van der Waals surface area contributed by atoms with E-state index in [2.05, 4.69) is 5.32 Å². The highest BCUT2D eigenvalue weighted by Gasteiger charge is 2.23. The highest BCUT2D eigenvalue weighted by atomic mass is 35.5. The SMILES string of the molecule is Cl.N#CC1CNCCC1F. The van der Waals surface area contributed by atoms with Crippen LogP contribution in [0, 0.1) is 17.2 Å². The van der Waals surface area contributed by atoms with Crippen LogP contribution in [0.5, 0.6) is 0 Å². The Balaban J connectivity index is 0.000000810. The molecule has 58 valence electrons. The topological polar surface area (TPSA) is 35.8 Å². The molecule has 2 unspecified atom stereocenters. The number of hydrogen-bond donors (Lipinski definition) is 1. The molecule has 0 saturated carbocycles. The Labute approximate surface area is 65.8 Å². The minimum atomic E-state index is -0.906. The van der Waals surface area contributed by atoms with E-state index in [0.717, 1.165) is 0 Å². The Kier molecular flexibility index (Phi) is 4.33. The first kappa shape index (κ1) is 9.67. The van der Waals surface area contributed by atoms with Crippen LogP contribution >= 0.6 is 12.4 Å². The van der Waals surface area contributed by atoms with Gasteiger partial charge >= 0.3 is 0 Å². The predicted molar refractivity (Wildman–Crippen MR) is 38.7 cm³/mol. The van der Waals surface area contributed by atoms with Crippen LogP contribution in [0.2, 0.25) is 0 Å². The van der Waals surface area contributed by atoms with E-state index in [1.54, 1.807) is 0 Å². The van der Waals surface area contributed by atoms with Crippen molar-refractivity contribution in [1.82, 2.24) is 5.32 Å². The van der Waals surface area contributed by atoms with Crippen molar-refractivity contribution in [2.75, 3.05) is 13.1 Å². The smallest absolute Gasteiger partial charge is 0.118 e. The lowest BCUT2D eigenvalue weighted by Crippen LogP contribution is -2.36. The third kappa shape index (κ3) is 2.13. The number of nitrogens with zero attached hydrogens (tertiary/aromatic N) is 1. The molecule has 0 spiro atoms. The van der Waals surface area contributed by atoms with E-state index in [9.17, 15) is 4.39 Å². The Morgan fingerprint density at radius 2 is 2.30 bits per heavy atom. The molecule has 2 nitrogen and oxygen atoms in total. The lowest BCUT2D eigenvalue weighted by atomic mass is 9.99. The average molecular weight is 165 g/mol. The quantitative estimate of drug-likeness (QED) is 0.577. The van der Waals surface area contributed by atoms with Crippen LogP contribution < -0.4 is 5.32 Å². The molecule has 1 N–H and O–H groups in total. The standard InChI is InChI=1S/C6H9FN2.ClH/c7-6-1-2-9-4-5(6)3-8;/h5-6,9H,1-2,4H2;1H. The number of halogens is 2. The Morgan fingerprint density at radius 1 is 1.60 bits per heavy atom. The lowest BCUT2D eigenvalue weighted by molar-refractivity contribution is 0.216. The van der Waals surface area contributed by atoms with E-state index in [1.165, 1.54) is 0 Å². The fourth-order valence-electron chi connectivity index (χ4n) is 0.953. The Morgan fingerprint density at radius 3 is 2.70 bits per heavy atom. The Bertz CT molecular complexity index is 134. The summed E-state index contributed by atoms with van der Waals surface area (Å²) in [5.41, 5.74) is 0. The first-order chi connectivity index (χ1) is 4.34. The second-order valence-corrected chi connectivity index (χ2v) is 2.24. The summed E-state index contributed by atoms with van der Waals surface area (Å²) in [6, 6.07) is 1.92. The number of nitrogens with one attached hydrogen (secondary N) is 1. The van der Waals surface area contributed by atoms with Gasteiger partial charge in [0, 0.05) is 6.54 Å². The van der Waals surface area contributed by atoms with Gasteiger partial charge in [-0.25, -0.2) is 4.39 Å². The number of hydrogen-bond acceptors (Lipinski definition) is 2. The van der Waals surface area contributed by atoms with E-state index < -0.39 is 12.1 Å². The molecular weight excluding hydrogens is 155 g/mol. The normalized spacial score (nSPS) is 32.0. The lowest BCUT2D eigenvalue weighted by Gasteiger charge is -2.20. The summed E-state index contributed by atoms with van der Waals surface area (Å²) in [6.07, 6.45) is -0.422. The van der Waals surface area contributed by atoms with E-state index in [0.29, 0.717) is 19.5 Å². The molecule has 0 amide bonds. The molecule has 0 aromatic heterocycles. The molecule has 0 aromatic rings. The van der Waals surface area contributed by atoms with Crippen LogP contribution in [0.3, 0.4) is 0 Å². The second-order valence-electron chi connectivity index (χ2n) is 2.24. The van der Waals surface area contributed by atoms with Crippen molar-refractivity contribution >= 4 is 12.4 Å². The zero-order valence-electron chi connectivity index (χ0n) is 5.51. The third-order valence-electron chi connectivity index (χ3n) is 1.56. The third-order valence-corrected chi connectivity index (χ3v) is 1.56. The van der Waals surface area contributed by atoms with Gasteiger partial charge in [0.2, 0.25) is 0 Å². The van der Waals surface area contributed by atoms with Gasteiger partial charge in [0.1, 0.15) is 6.17 Å². The second kappa shape index (κ2) is 4.48. The summed E-state index contributed by atoms with van der Waals surface area (Å²) in [5, 5.41) is 11.3. The van der Waals surface area contributed by atoms with Crippen molar-refractivity contribution in [1.29, 1.82) is 5.26 Å². The molecule has 1 rings (SSSR count). The van der Waals surface area contributed by atoms with Crippen LogP contribution in [0.1, 0.15) is 6.42 Å². The van der Waals surface area contributed by atoms with Crippen LogP contribution in [0.15, 0.2) is 0 Å². The molecule has 1 aliphatic heterocycles. The van der Waals surface area contributed by atoms with Crippen molar-refractivity contribution < 1.29 is 4.39 Å². The average Bonchev–Trinajstić information content (AvgIpc) is 1.89. The minimum absolute atomic E-state index is 0. The van der Waals surface area contributed by atoms with Gasteiger partial charge < -0.3 is 5.32 Å². The maximum absolute atomic E-state index is 12.6. The zero-order valence-corrected chi connectivity index (χ0v) is 6.33. The van der Waals surface area contributed by atoms with Gasteiger partial charge in [-0.3, -0.25) is 0 Å². The monoisotopic (exact) mass is 164 g/mol. The molecular formula is C6H10ClFN2. The van der Waals surface area contributed by atoms with Crippen LogP contribution in [-0.4, -0.2) is 19.3 Å². The number of piperidine rings is 1. The fraction of sp³-hybridized carbons (Fsp3) is 0.833. The van der Waals surface area contributed by atoms with Gasteiger partial charge in [0.25, 0.3) is 0 Å². The minimum Gasteiger partial charge on any atom is -0.315 e. The van der Waals surface area contributed by atoms with Gasteiger partial charge in [-0.05, 0) is 13.0 Å². The van der Waals surface area contributed by atoms with Crippen LogP contribution in [0.4, 0.5) is 4.39 Å². The van der Waals surface area contributed by atoms with Gasteiger partial charge in [-0.15, -0.1) is 12.4 Å². The zero-order chi connectivity index (χ0) is 6.69. The van der Waals surface area contributed by atoms with E-state index in [1.807, 2.05) is 6.07 Å². The van der Waals surface area contributed by atoms with Crippen LogP contribution in [-0.2, 0) is 0 Å². The van der Waals surface area contributed by atoms with E-state index in [-0.39, 0.29) is 12.4 Å². The summed E-state index contributed by atoms with van der Waals surface area (Å²) < 4.78 is 12.6. The van der Waals surface area contributed by atoms with Gasteiger partial charge in [0.15, 0.2) is 0 Å². The molecule has 1 aliphatic rings. The molecule has 0 aliphatic carbocycles. The molecule has 10 heavy (non-hydrogen) atoms. The summed E-state index contributed by atoms with van der Waals surface area (Å²) in [7, 11) is 0. The summed E-state index contributed by atoms with van der Waals surface area (Å²) in [4.78, 5) is 0. The highest BCUT2D eigenvalue weighted by molar-refractivity contribution is 5.85. The molecule has 0 radical (unpaired) electrons. The molecule has 1 saturated heterocycles. The van der Waals surface area contributed by atoms with Crippen molar-refractivity contribution in [2.24, 2.45) is 5.92 Å². The molecule has 0 bridgehead atoms. The molecule has 1 heterocycles.